The summed E-state index contributed by atoms with van der Waals surface area (Å²) in [6.07, 6.45) is 1.93. The minimum Gasteiger partial charge on any atom is -0.494 e. The molecule has 0 heterocycles. The molecular formula is C15H22N2O3. The fourth-order valence-corrected chi connectivity index (χ4v) is 1.79. The number of unbranched alkanes of at least 4 members (excludes halogenated alkanes) is 1. The Morgan fingerprint density at radius 2 is 2.05 bits per heavy atom. The van der Waals surface area contributed by atoms with Crippen molar-refractivity contribution in [1.82, 2.24) is 4.90 Å². The number of benzene rings is 1. The number of carbonyl (C=O) groups excluding carboxylic acids is 2. The van der Waals surface area contributed by atoms with Crippen LogP contribution in [-0.4, -0.2) is 36.9 Å². The lowest BCUT2D eigenvalue weighted by molar-refractivity contribution is -0.133. The zero-order valence-electron chi connectivity index (χ0n) is 12.1. The van der Waals surface area contributed by atoms with Crippen molar-refractivity contribution in [1.29, 1.82) is 0 Å². The first-order chi connectivity index (χ1) is 9.49. The summed E-state index contributed by atoms with van der Waals surface area (Å²) in [7, 11) is 1.58. The van der Waals surface area contributed by atoms with Gasteiger partial charge >= 0.3 is 0 Å². The highest BCUT2D eigenvalue weighted by Gasteiger charge is 2.10. The van der Waals surface area contributed by atoms with Crippen molar-refractivity contribution < 1.29 is 14.3 Å². The van der Waals surface area contributed by atoms with Crippen LogP contribution in [0.5, 0.6) is 5.75 Å². The molecule has 0 spiro atoms. The van der Waals surface area contributed by atoms with Crippen LogP contribution in [-0.2, 0) is 9.59 Å². The third-order valence-corrected chi connectivity index (χ3v) is 2.86. The molecule has 5 heteroatoms. The minimum absolute atomic E-state index is 0.0291. The van der Waals surface area contributed by atoms with Gasteiger partial charge < -0.3 is 15.4 Å². The SMILES string of the molecule is Cc1cccc(OCCCCC(=O)N(C)CC(N)=O)c1. The summed E-state index contributed by atoms with van der Waals surface area (Å²) in [5, 5.41) is 0. The average molecular weight is 278 g/mol. The Balaban J connectivity index is 2.16. The van der Waals surface area contributed by atoms with E-state index in [1.54, 1.807) is 7.05 Å². The molecule has 0 radical (unpaired) electrons. The van der Waals surface area contributed by atoms with Gasteiger partial charge in [0.15, 0.2) is 0 Å². The Kier molecular flexibility index (Phi) is 6.56. The predicted molar refractivity (Wildman–Crippen MR) is 77.4 cm³/mol. The number of hydrogen-bond donors (Lipinski definition) is 1. The number of hydrogen-bond acceptors (Lipinski definition) is 3. The number of amides is 2. The van der Waals surface area contributed by atoms with Gasteiger partial charge in [0.1, 0.15) is 5.75 Å². The van der Waals surface area contributed by atoms with E-state index in [4.69, 9.17) is 10.5 Å². The first-order valence-electron chi connectivity index (χ1n) is 6.71. The molecule has 0 aromatic heterocycles. The number of likely N-dealkylation sites (N-methyl/N-ethyl adjacent to an activating group) is 1. The summed E-state index contributed by atoms with van der Waals surface area (Å²) in [4.78, 5) is 23.7. The van der Waals surface area contributed by atoms with E-state index in [9.17, 15) is 9.59 Å². The maximum Gasteiger partial charge on any atom is 0.237 e. The van der Waals surface area contributed by atoms with E-state index in [1.165, 1.54) is 4.90 Å². The normalized spacial score (nSPS) is 10.1. The van der Waals surface area contributed by atoms with Crippen LogP contribution in [0.3, 0.4) is 0 Å². The van der Waals surface area contributed by atoms with E-state index in [2.05, 4.69) is 0 Å². The Labute approximate surface area is 119 Å². The van der Waals surface area contributed by atoms with E-state index in [0.29, 0.717) is 13.0 Å². The minimum atomic E-state index is -0.497. The zero-order valence-corrected chi connectivity index (χ0v) is 12.1. The average Bonchev–Trinajstić information content (AvgIpc) is 2.37. The Morgan fingerprint density at radius 1 is 1.30 bits per heavy atom. The van der Waals surface area contributed by atoms with Crippen LogP contribution in [0.15, 0.2) is 24.3 Å². The smallest absolute Gasteiger partial charge is 0.237 e. The monoisotopic (exact) mass is 278 g/mol. The van der Waals surface area contributed by atoms with Crippen molar-refractivity contribution in [3.63, 3.8) is 0 Å². The molecule has 1 aromatic rings. The molecule has 0 saturated heterocycles. The highest BCUT2D eigenvalue weighted by atomic mass is 16.5. The van der Waals surface area contributed by atoms with Gasteiger partial charge in [-0.15, -0.1) is 0 Å². The standard InChI is InChI=1S/C15H22N2O3/c1-12-6-5-7-13(10-12)20-9-4-3-8-15(19)17(2)11-14(16)18/h5-7,10H,3-4,8-9,11H2,1-2H3,(H2,16,18). The van der Waals surface area contributed by atoms with E-state index >= 15 is 0 Å². The molecule has 0 bridgehead atoms. The molecule has 0 fully saturated rings. The van der Waals surface area contributed by atoms with Gasteiger partial charge in [-0.05, 0) is 37.5 Å². The molecule has 0 saturated carbocycles. The number of primary amides is 1. The molecule has 0 aliphatic carbocycles. The van der Waals surface area contributed by atoms with Crippen LogP contribution >= 0.6 is 0 Å². The van der Waals surface area contributed by atoms with Crippen molar-refractivity contribution in [2.45, 2.75) is 26.2 Å². The van der Waals surface area contributed by atoms with Crippen molar-refractivity contribution >= 4 is 11.8 Å². The number of nitrogens with two attached hydrogens (primary N) is 1. The van der Waals surface area contributed by atoms with Crippen LogP contribution in [0.25, 0.3) is 0 Å². The largest absolute Gasteiger partial charge is 0.494 e. The van der Waals surface area contributed by atoms with Gasteiger partial charge in [-0.2, -0.15) is 0 Å². The molecule has 110 valence electrons. The summed E-state index contributed by atoms with van der Waals surface area (Å²) >= 11 is 0. The summed E-state index contributed by atoms with van der Waals surface area (Å²) in [6, 6.07) is 7.86. The van der Waals surface area contributed by atoms with Crippen molar-refractivity contribution in [3.8, 4) is 5.75 Å². The van der Waals surface area contributed by atoms with Gasteiger partial charge in [-0.3, -0.25) is 9.59 Å². The number of nitrogens with zero attached hydrogens (tertiary/aromatic N) is 1. The second-order valence-electron chi connectivity index (χ2n) is 4.84. The molecule has 1 aromatic carbocycles. The molecule has 2 amide bonds. The van der Waals surface area contributed by atoms with Gasteiger partial charge in [0.05, 0.1) is 13.2 Å². The predicted octanol–water partition coefficient (Wildman–Crippen LogP) is 1.49. The Bertz CT molecular complexity index is 460. The van der Waals surface area contributed by atoms with Crippen LogP contribution in [0, 0.1) is 6.92 Å². The fourth-order valence-electron chi connectivity index (χ4n) is 1.79. The van der Waals surface area contributed by atoms with Crippen LogP contribution in [0.2, 0.25) is 0 Å². The van der Waals surface area contributed by atoms with Crippen molar-refractivity contribution in [2.75, 3.05) is 20.2 Å². The van der Waals surface area contributed by atoms with Crippen molar-refractivity contribution in [2.24, 2.45) is 5.73 Å². The summed E-state index contributed by atoms with van der Waals surface area (Å²) in [5.74, 6) is 0.283. The molecule has 5 nitrogen and oxygen atoms in total. The summed E-state index contributed by atoms with van der Waals surface area (Å²) < 4.78 is 5.59. The van der Waals surface area contributed by atoms with Crippen LogP contribution in [0.1, 0.15) is 24.8 Å². The topological polar surface area (TPSA) is 72.6 Å². The second-order valence-corrected chi connectivity index (χ2v) is 4.84. The lowest BCUT2D eigenvalue weighted by Crippen LogP contribution is -2.35. The van der Waals surface area contributed by atoms with Gasteiger partial charge in [-0.1, -0.05) is 12.1 Å². The molecule has 20 heavy (non-hydrogen) atoms. The summed E-state index contributed by atoms with van der Waals surface area (Å²) in [6.45, 7) is 2.56. The van der Waals surface area contributed by atoms with Gasteiger partial charge in [0.25, 0.3) is 0 Å². The van der Waals surface area contributed by atoms with E-state index in [1.807, 2.05) is 31.2 Å². The molecule has 0 aliphatic heterocycles. The van der Waals surface area contributed by atoms with E-state index < -0.39 is 5.91 Å². The maximum atomic E-state index is 11.6. The number of ether oxygens (including phenoxy) is 1. The fraction of sp³-hybridized carbons (Fsp3) is 0.467. The first-order valence-corrected chi connectivity index (χ1v) is 6.71. The third-order valence-electron chi connectivity index (χ3n) is 2.86. The van der Waals surface area contributed by atoms with E-state index in [-0.39, 0.29) is 12.5 Å². The molecule has 0 aliphatic rings. The maximum absolute atomic E-state index is 11.6. The number of rotatable bonds is 8. The third kappa shape index (κ3) is 6.22. The second kappa shape index (κ2) is 8.19. The van der Waals surface area contributed by atoms with Gasteiger partial charge in [0.2, 0.25) is 11.8 Å². The first kappa shape index (κ1) is 16.0. The number of carbonyl (C=O) groups is 2. The van der Waals surface area contributed by atoms with Crippen molar-refractivity contribution in [3.05, 3.63) is 29.8 Å². The molecule has 0 unspecified atom stereocenters. The van der Waals surface area contributed by atoms with Gasteiger partial charge in [0, 0.05) is 13.5 Å². The molecular weight excluding hydrogens is 256 g/mol. The molecule has 2 N–H and O–H groups in total. The van der Waals surface area contributed by atoms with Gasteiger partial charge in [-0.25, -0.2) is 0 Å². The van der Waals surface area contributed by atoms with E-state index in [0.717, 1.165) is 24.2 Å². The lowest BCUT2D eigenvalue weighted by Gasteiger charge is -2.14. The molecule has 0 atom stereocenters. The highest BCUT2D eigenvalue weighted by Crippen LogP contribution is 2.13. The quantitative estimate of drug-likeness (QED) is 0.732. The number of aryl methyl sites for hydroxylation is 1. The van der Waals surface area contributed by atoms with Crippen LogP contribution < -0.4 is 10.5 Å². The molecule has 1 rings (SSSR count). The Hall–Kier alpha value is -2.04. The van der Waals surface area contributed by atoms with Crippen LogP contribution in [0.4, 0.5) is 0 Å². The zero-order chi connectivity index (χ0) is 15.0. The summed E-state index contributed by atoms with van der Waals surface area (Å²) in [5.41, 5.74) is 6.19. The lowest BCUT2D eigenvalue weighted by atomic mass is 10.2. The highest BCUT2D eigenvalue weighted by molar-refractivity contribution is 5.83. The Morgan fingerprint density at radius 3 is 2.70 bits per heavy atom.